The monoisotopic (exact) mass is 374 g/mol. The first-order valence-electron chi connectivity index (χ1n) is 8.75. The standard InChI is InChI=1S/C19H23ClN4O2/c20-16-10-15(19(26)23-17(16)21)18(25)22-11-13-6-8-24(9-7-13)12-14-4-2-1-3-5-14/h1-5,10,13H,6-9,11-12H2,(H,22,25)(H3,21,23,26). The minimum Gasteiger partial charge on any atom is -0.384 e. The number of aromatic amines is 1. The summed E-state index contributed by atoms with van der Waals surface area (Å²) >= 11 is 5.88. The molecule has 1 aromatic carbocycles. The van der Waals surface area contributed by atoms with Crippen LogP contribution >= 0.6 is 11.6 Å². The van der Waals surface area contributed by atoms with Crippen LogP contribution in [-0.4, -0.2) is 35.4 Å². The molecule has 26 heavy (non-hydrogen) atoms. The van der Waals surface area contributed by atoms with Crippen molar-refractivity contribution in [1.82, 2.24) is 15.2 Å². The fraction of sp³-hybridized carbons (Fsp3) is 0.368. The van der Waals surface area contributed by atoms with Gasteiger partial charge in [-0.05, 0) is 43.5 Å². The van der Waals surface area contributed by atoms with Gasteiger partial charge in [-0.2, -0.15) is 0 Å². The molecule has 0 saturated carbocycles. The van der Waals surface area contributed by atoms with E-state index in [1.807, 2.05) is 6.07 Å². The maximum atomic E-state index is 12.2. The third kappa shape index (κ3) is 4.65. The lowest BCUT2D eigenvalue weighted by Gasteiger charge is -2.32. The molecular formula is C19H23ClN4O2. The number of likely N-dealkylation sites (tertiary alicyclic amines) is 1. The Hall–Kier alpha value is -2.31. The van der Waals surface area contributed by atoms with Crippen molar-refractivity contribution in [1.29, 1.82) is 0 Å². The third-order valence-electron chi connectivity index (χ3n) is 4.77. The van der Waals surface area contributed by atoms with Gasteiger partial charge in [0.25, 0.3) is 11.5 Å². The highest BCUT2D eigenvalue weighted by Gasteiger charge is 2.21. The molecule has 0 aliphatic carbocycles. The number of halogens is 1. The molecular weight excluding hydrogens is 352 g/mol. The molecule has 1 aliphatic heterocycles. The van der Waals surface area contributed by atoms with Crippen molar-refractivity contribution in [2.75, 3.05) is 25.4 Å². The Morgan fingerprint density at radius 3 is 2.65 bits per heavy atom. The number of nitrogen functional groups attached to an aromatic ring is 1. The normalized spacial score (nSPS) is 15.7. The van der Waals surface area contributed by atoms with E-state index in [9.17, 15) is 9.59 Å². The number of piperidine rings is 1. The molecule has 2 aromatic rings. The van der Waals surface area contributed by atoms with E-state index in [0.29, 0.717) is 12.5 Å². The van der Waals surface area contributed by atoms with Crippen LogP contribution in [0.5, 0.6) is 0 Å². The molecule has 1 saturated heterocycles. The number of carbonyl (C=O) groups excluding carboxylic acids is 1. The summed E-state index contributed by atoms with van der Waals surface area (Å²) < 4.78 is 0. The lowest BCUT2D eigenvalue weighted by atomic mass is 9.96. The molecule has 0 spiro atoms. The van der Waals surface area contributed by atoms with Crippen molar-refractivity contribution in [3.05, 3.63) is 62.9 Å². The zero-order valence-electron chi connectivity index (χ0n) is 14.5. The van der Waals surface area contributed by atoms with Crippen molar-refractivity contribution in [2.45, 2.75) is 19.4 Å². The van der Waals surface area contributed by atoms with Gasteiger partial charge in [-0.3, -0.25) is 14.5 Å². The number of pyridine rings is 1. The van der Waals surface area contributed by atoms with Crippen molar-refractivity contribution in [3.8, 4) is 0 Å². The molecule has 1 aliphatic rings. The van der Waals surface area contributed by atoms with E-state index in [1.165, 1.54) is 11.6 Å². The van der Waals surface area contributed by atoms with Crippen molar-refractivity contribution >= 4 is 23.3 Å². The minimum atomic E-state index is -0.526. The van der Waals surface area contributed by atoms with Gasteiger partial charge in [0, 0.05) is 13.1 Å². The summed E-state index contributed by atoms with van der Waals surface area (Å²) in [6.45, 7) is 3.52. The summed E-state index contributed by atoms with van der Waals surface area (Å²) in [5.41, 5.74) is 6.31. The topological polar surface area (TPSA) is 91.2 Å². The van der Waals surface area contributed by atoms with Gasteiger partial charge < -0.3 is 16.0 Å². The Kier molecular flexibility index (Phi) is 5.96. The Bertz CT molecular complexity index is 814. The lowest BCUT2D eigenvalue weighted by molar-refractivity contribution is 0.0933. The van der Waals surface area contributed by atoms with Crippen LogP contribution in [0, 0.1) is 5.92 Å². The first-order chi connectivity index (χ1) is 12.5. The number of anilines is 1. The molecule has 2 heterocycles. The van der Waals surface area contributed by atoms with Gasteiger partial charge in [-0.15, -0.1) is 0 Å². The largest absolute Gasteiger partial charge is 0.384 e. The number of hydrogen-bond donors (Lipinski definition) is 3. The van der Waals surface area contributed by atoms with Gasteiger partial charge in [0.2, 0.25) is 0 Å². The molecule has 0 bridgehead atoms. The SMILES string of the molecule is Nc1[nH]c(=O)c(C(=O)NCC2CCN(Cc3ccccc3)CC2)cc1Cl. The molecule has 3 rings (SSSR count). The van der Waals surface area contributed by atoms with Gasteiger partial charge in [-0.1, -0.05) is 41.9 Å². The van der Waals surface area contributed by atoms with Crippen LogP contribution in [0.1, 0.15) is 28.8 Å². The van der Waals surface area contributed by atoms with E-state index in [-0.39, 0.29) is 16.4 Å². The zero-order chi connectivity index (χ0) is 18.5. The Labute approximate surface area is 157 Å². The van der Waals surface area contributed by atoms with Crippen molar-refractivity contribution in [3.63, 3.8) is 0 Å². The van der Waals surface area contributed by atoms with Gasteiger partial charge in [0.1, 0.15) is 11.4 Å². The number of hydrogen-bond acceptors (Lipinski definition) is 4. The predicted octanol–water partition coefficient (Wildman–Crippen LogP) is 2.25. The molecule has 0 radical (unpaired) electrons. The number of aromatic nitrogens is 1. The molecule has 4 N–H and O–H groups in total. The number of nitrogens with two attached hydrogens (primary N) is 1. The fourth-order valence-corrected chi connectivity index (χ4v) is 3.37. The average Bonchev–Trinajstić information content (AvgIpc) is 2.65. The quantitative estimate of drug-likeness (QED) is 0.748. The second kappa shape index (κ2) is 8.38. The van der Waals surface area contributed by atoms with Crippen LogP contribution in [0.2, 0.25) is 5.02 Å². The van der Waals surface area contributed by atoms with Crippen molar-refractivity contribution < 1.29 is 4.79 Å². The van der Waals surface area contributed by atoms with Crippen LogP contribution in [0.4, 0.5) is 5.82 Å². The minimum absolute atomic E-state index is 0.00860. The highest BCUT2D eigenvalue weighted by molar-refractivity contribution is 6.33. The number of nitrogens with zero attached hydrogens (tertiary/aromatic N) is 1. The molecule has 7 heteroatoms. The summed E-state index contributed by atoms with van der Waals surface area (Å²) in [6.07, 6.45) is 2.04. The van der Waals surface area contributed by atoms with E-state index >= 15 is 0 Å². The summed E-state index contributed by atoms with van der Waals surface area (Å²) in [6, 6.07) is 11.7. The lowest BCUT2D eigenvalue weighted by Crippen LogP contribution is -2.39. The smallest absolute Gasteiger partial charge is 0.262 e. The highest BCUT2D eigenvalue weighted by atomic mass is 35.5. The Morgan fingerprint density at radius 2 is 1.96 bits per heavy atom. The van der Waals surface area contributed by atoms with E-state index in [0.717, 1.165) is 32.5 Å². The summed E-state index contributed by atoms with van der Waals surface area (Å²) in [7, 11) is 0. The number of amides is 1. The number of nitrogens with one attached hydrogen (secondary N) is 2. The zero-order valence-corrected chi connectivity index (χ0v) is 15.3. The number of benzene rings is 1. The van der Waals surface area contributed by atoms with Crippen LogP contribution < -0.4 is 16.6 Å². The van der Waals surface area contributed by atoms with E-state index < -0.39 is 11.5 Å². The fourth-order valence-electron chi connectivity index (χ4n) is 3.21. The molecule has 0 unspecified atom stereocenters. The van der Waals surface area contributed by atoms with E-state index in [4.69, 9.17) is 17.3 Å². The first kappa shape index (κ1) is 18.5. The molecule has 0 atom stereocenters. The van der Waals surface area contributed by atoms with Crippen LogP contribution in [0.3, 0.4) is 0 Å². The van der Waals surface area contributed by atoms with Crippen molar-refractivity contribution in [2.24, 2.45) is 5.92 Å². The second-order valence-corrected chi connectivity index (χ2v) is 7.10. The summed E-state index contributed by atoms with van der Waals surface area (Å²) in [5, 5.41) is 3.01. The Morgan fingerprint density at radius 1 is 1.27 bits per heavy atom. The van der Waals surface area contributed by atoms with E-state index in [1.54, 1.807) is 0 Å². The molecule has 1 aromatic heterocycles. The summed E-state index contributed by atoms with van der Waals surface area (Å²) in [5.74, 6) is 0.0631. The summed E-state index contributed by atoms with van der Waals surface area (Å²) in [4.78, 5) is 28.9. The second-order valence-electron chi connectivity index (χ2n) is 6.69. The van der Waals surface area contributed by atoms with Crippen LogP contribution in [0.25, 0.3) is 0 Å². The number of H-pyrrole nitrogens is 1. The average molecular weight is 375 g/mol. The van der Waals surface area contributed by atoms with Gasteiger partial charge in [-0.25, -0.2) is 0 Å². The highest BCUT2D eigenvalue weighted by Crippen LogP contribution is 2.19. The molecule has 1 fully saturated rings. The maximum Gasteiger partial charge on any atom is 0.262 e. The Balaban J connectivity index is 1.47. The number of carbonyl (C=O) groups is 1. The van der Waals surface area contributed by atoms with Gasteiger partial charge >= 0.3 is 0 Å². The van der Waals surface area contributed by atoms with Gasteiger partial charge in [0.05, 0.1) is 5.02 Å². The maximum absolute atomic E-state index is 12.2. The molecule has 138 valence electrons. The molecule has 6 nitrogen and oxygen atoms in total. The molecule has 1 amide bonds. The predicted molar refractivity (Wildman–Crippen MR) is 103 cm³/mol. The first-order valence-corrected chi connectivity index (χ1v) is 9.13. The van der Waals surface area contributed by atoms with E-state index in [2.05, 4.69) is 39.5 Å². The van der Waals surface area contributed by atoms with Gasteiger partial charge in [0.15, 0.2) is 0 Å². The van der Waals surface area contributed by atoms with Crippen LogP contribution in [-0.2, 0) is 6.54 Å². The third-order valence-corrected chi connectivity index (χ3v) is 5.09. The number of rotatable bonds is 5. The van der Waals surface area contributed by atoms with Crippen LogP contribution in [0.15, 0.2) is 41.2 Å².